The van der Waals surface area contributed by atoms with Crippen molar-refractivity contribution in [2.45, 2.75) is 19.9 Å². The van der Waals surface area contributed by atoms with Gasteiger partial charge in [0.15, 0.2) is 5.82 Å². The first-order valence-electron chi connectivity index (χ1n) is 5.81. The van der Waals surface area contributed by atoms with E-state index in [0.29, 0.717) is 0 Å². The van der Waals surface area contributed by atoms with Crippen LogP contribution in [0.5, 0.6) is 0 Å². The molecule has 0 radical (unpaired) electrons. The van der Waals surface area contributed by atoms with Crippen molar-refractivity contribution in [1.29, 1.82) is 0 Å². The summed E-state index contributed by atoms with van der Waals surface area (Å²) >= 11 is 0. The van der Waals surface area contributed by atoms with Crippen LogP contribution in [0.4, 0.5) is 0 Å². The minimum Gasteiger partial charge on any atom is -0.312 e. The number of hydrogen-bond acceptors (Lipinski definition) is 4. The Morgan fingerprint density at radius 3 is 3.00 bits per heavy atom. The predicted molar refractivity (Wildman–Crippen MR) is 64.4 cm³/mol. The summed E-state index contributed by atoms with van der Waals surface area (Å²) in [4.78, 5) is 9.17. The highest BCUT2D eigenvalue weighted by Crippen LogP contribution is 2.19. The van der Waals surface area contributed by atoms with E-state index in [1.165, 1.54) is 5.56 Å². The summed E-state index contributed by atoms with van der Waals surface area (Å²) in [5, 5.41) is 7.69. The molecule has 0 atom stereocenters. The molecule has 17 heavy (non-hydrogen) atoms. The van der Waals surface area contributed by atoms with Crippen molar-refractivity contribution in [3.63, 3.8) is 0 Å². The van der Waals surface area contributed by atoms with E-state index in [1.807, 2.05) is 26.2 Å². The lowest BCUT2D eigenvalue weighted by Gasteiger charge is -2.18. The second kappa shape index (κ2) is 3.92. The van der Waals surface area contributed by atoms with Gasteiger partial charge in [0.05, 0.1) is 5.69 Å². The summed E-state index contributed by atoms with van der Waals surface area (Å²) in [6.45, 7) is 3.91. The molecule has 0 saturated carbocycles. The Hall–Kier alpha value is -1.75. The fourth-order valence-corrected chi connectivity index (χ4v) is 2.16. The molecule has 0 aliphatic carbocycles. The zero-order chi connectivity index (χ0) is 11.8. The van der Waals surface area contributed by atoms with Crippen LogP contribution in [0.3, 0.4) is 0 Å². The Bertz CT molecular complexity index is 558. The van der Waals surface area contributed by atoms with Gasteiger partial charge in [0, 0.05) is 44.0 Å². The quantitative estimate of drug-likeness (QED) is 0.787. The number of aromatic nitrogens is 4. The maximum Gasteiger partial charge on any atom is 0.180 e. The molecule has 1 N–H and O–H groups in total. The van der Waals surface area contributed by atoms with Crippen LogP contribution < -0.4 is 5.32 Å². The van der Waals surface area contributed by atoms with Gasteiger partial charge in [-0.1, -0.05) is 0 Å². The molecule has 5 nitrogen and oxygen atoms in total. The zero-order valence-corrected chi connectivity index (χ0v) is 10.1. The standard InChI is InChI=1S/C12H15N5/c1-8-9-7-13-5-3-10(9)15-12(14-8)11-4-6-17(2)16-11/h4,6,13H,3,5,7H2,1-2H3. The van der Waals surface area contributed by atoms with Gasteiger partial charge in [0.1, 0.15) is 5.69 Å². The Kier molecular flexibility index (Phi) is 2.40. The van der Waals surface area contributed by atoms with Crippen molar-refractivity contribution in [1.82, 2.24) is 25.1 Å². The second-order valence-electron chi connectivity index (χ2n) is 4.36. The number of fused-ring (bicyclic) bond motifs is 1. The first-order valence-corrected chi connectivity index (χ1v) is 5.81. The van der Waals surface area contributed by atoms with E-state index >= 15 is 0 Å². The minimum absolute atomic E-state index is 0.740. The van der Waals surface area contributed by atoms with Gasteiger partial charge in [-0.3, -0.25) is 4.68 Å². The van der Waals surface area contributed by atoms with Gasteiger partial charge in [-0.15, -0.1) is 0 Å². The molecule has 0 saturated heterocycles. The van der Waals surface area contributed by atoms with Crippen LogP contribution >= 0.6 is 0 Å². The number of rotatable bonds is 1. The summed E-state index contributed by atoms with van der Waals surface area (Å²) in [5.74, 6) is 0.740. The molecular weight excluding hydrogens is 214 g/mol. The SMILES string of the molecule is Cc1nc(-c2ccn(C)n2)nc2c1CNCC2. The molecule has 0 fully saturated rings. The van der Waals surface area contributed by atoms with E-state index in [9.17, 15) is 0 Å². The molecule has 88 valence electrons. The molecule has 0 bridgehead atoms. The van der Waals surface area contributed by atoms with Crippen molar-refractivity contribution in [2.75, 3.05) is 6.54 Å². The van der Waals surface area contributed by atoms with E-state index in [4.69, 9.17) is 0 Å². The van der Waals surface area contributed by atoms with Gasteiger partial charge < -0.3 is 5.32 Å². The van der Waals surface area contributed by atoms with Crippen LogP contribution in [-0.2, 0) is 20.0 Å². The zero-order valence-electron chi connectivity index (χ0n) is 10.1. The molecule has 3 rings (SSSR count). The van der Waals surface area contributed by atoms with Crippen LogP contribution in [0.2, 0.25) is 0 Å². The predicted octanol–water partition coefficient (Wildman–Crippen LogP) is 0.831. The lowest BCUT2D eigenvalue weighted by atomic mass is 10.1. The van der Waals surface area contributed by atoms with Gasteiger partial charge in [0.25, 0.3) is 0 Å². The van der Waals surface area contributed by atoms with Crippen LogP contribution in [0.1, 0.15) is 17.0 Å². The van der Waals surface area contributed by atoms with E-state index in [0.717, 1.165) is 42.4 Å². The van der Waals surface area contributed by atoms with E-state index in [2.05, 4.69) is 20.4 Å². The molecule has 0 aromatic carbocycles. The van der Waals surface area contributed by atoms with Crippen molar-refractivity contribution < 1.29 is 0 Å². The third-order valence-corrected chi connectivity index (χ3v) is 3.08. The molecule has 0 spiro atoms. The van der Waals surface area contributed by atoms with Crippen LogP contribution in [-0.4, -0.2) is 26.3 Å². The molecule has 1 aliphatic rings. The summed E-state index contributed by atoms with van der Waals surface area (Å²) < 4.78 is 1.77. The van der Waals surface area contributed by atoms with Crippen molar-refractivity contribution in [3.8, 4) is 11.5 Å². The van der Waals surface area contributed by atoms with Crippen molar-refractivity contribution in [3.05, 3.63) is 29.2 Å². The number of nitrogens with zero attached hydrogens (tertiary/aromatic N) is 4. The average Bonchev–Trinajstić information content (AvgIpc) is 2.76. The van der Waals surface area contributed by atoms with Gasteiger partial charge in [-0.25, -0.2) is 9.97 Å². The maximum atomic E-state index is 4.63. The summed E-state index contributed by atoms with van der Waals surface area (Å²) in [5.41, 5.74) is 4.31. The molecule has 2 aromatic heterocycles. The third kappa shape index (κ3) is 1.82. The summed E-state index contributed by atoms with van der Waals surface area (Å²) in [6, 6.07) is 1.95. The molecule has 1 aliphatic heterocycles. The molecule has 5 heteroatoms. The van der Waals surface area contributed by atoms with Crippen LogP contribution in [0.15, 0.2) is 12.3 Å². The normalized spacial score (nSPS) is 14.7. The lowest BCUT2D eigenvalue weighted by molar-refractivity contribution is 0.621. The van der Waals surface area contributed by atoms with Crippen molar-refractivity contribution >= 4 is 0 Å². The Morgan fingerprint density at radius 2 is 2.24 bits per heavy atom. The molecule has 0 amide bonds. The monoisotopic (exact) mass is 229 g/mol. The fourth-order valence-electron chi connectivity index (χ4n) is 2.16. The number of nitrogens with one attached hydrogen (secondary N) is 1. The van der Waals surface area contributed by atoms with Gasteiger partial charge in [-0.05, 0) is 13.0 Å². The second-order valence-corrected chi connectivity index (χ2v) is 4.36. The maximum absolute atomic E-state index is 4.63. The first-order chi connectivity index (χ1) is 8.24. The van der Waals surface area contributed by atoms with E-state index in [-0.39, 0.29) is 0 Å². The molecule has 2 aromatic rings. The van der Waals surface area contributed by atoms with Gasteiger partial charge in [0.2, 0.25) is 0 Å². The average molecular weight is 229 g/mol. The van der Waals surface area contributed by atoms with E-state index < -0.39 is 0 Å². The molecule has 3 heterocycles. The largest absolute Gasteiger partial charge is 0.312 e. The van der Waals surface area contributed by atoms with Crippen LogP contribution in [0, 0.1) is 6.92 Å². The summed E-state index contributed by atoms with van der Waals surface area (Å²) in [6.07, 6.45) is 2.88. The van der Waals surface area contributed by atoms with Gasteiger partial charge >= 0.3 is 0 Å². The topological polar surface area (TPSA) is 55.6 Å². The Labute approximate surface area is 99.9 Å². The lowest BCUT2D eigenvalue weighted by Crippen LogP contribution is -2.26. The number of hydrogen-bond donors (Lipinski definition) is 1. The molecular formula is C12H15N5. The first kappa shape index (κ1) is 10.4. The highest BCUT2D eigenvalue weighted by atomic mass is 15.3. The molecule has 0 unspecified atom stereocenters. The summed E-state index contributed by atoms with van der Waals surface area (Å²) in [7, 11) is 1.90. The highest BCUT2D eigenvalue weighted by Gasteiger charge is 2.16. The smallest absolute Gasteiger partial charge is 0.180 e. The minimum atomic E-state index is 0.740. The Balaban J connectivity index is 2.10. The van der Waals surface area contributed by atoms with Crippen LogP contribution in [0.25, 0.3) is 11.5 Å². The fraction of sp³-hybridized carbons (Fsp3) is 0.417. The Morgan fingerprint density at radius 1 is 1.35 bits per heavy atom. The third-order valence-electron chi connectivity index (χ3n) is 3.08. The van der Waals surface area contributed by atoms with E-state index in [1.54, 1.807) is 4.68 Å². The van der Waals surface area contributed by atoms with Crippen molar-refractivity contribution in [2.24, 2.45) is 7.05 Å². The highest BCUT2D eigenvalue weighted by molar-refractivity contribution is 5.50. The number of aryl methyl sites for hydroxylation is 2. The van der Waals surface area contributed by atoms with Gasteiger partial charge in [-0.2, -0.15) is 5.10 Å².